The van der Waals surface area contributed by atoms with Crippen LogP contribution < -0.4 is 10.2 Å². The van der Waals surface area contributed by atoms with E-state index in [-0.39, 0.29) is 11.9 Å². The second-order valence-electron chi connectivity index (χ2n) is 5.95. The molecule has 0 amide bonds. The zero-order chi connectivity index (χ0) is 15.2. The topological polar surface area (TPSA) is 24.5 Å². The Morgan fingerprint density at radius 3 is 2.90 bits per heavy atom. The quantitative estimate of drug-likeness (QED) is 0.870. The molecule has 2 atom stereocenters. The zero-order valence-corrected chi connectivity index (χ0v) is 13.4. The molecule has 0 radical (unpaired) electrons. The molecule has 2 unspecified atom stereocenters. The summed E-state index contributed by atoms with van der Waals surface area (Å²) in [5, 5.41) is 3.31. The van der Waals surface area contributed by atoms with Gasteiger partial charge in [0.2, 0.25) is 0 Å². The molecule has 1 aliphatic rings. The molecule has 118 valence electrons. The van der Waals surface area contributed by atoms with Crippen molar-refractivity contribution in [1.82, 2.24) is 5.32 Å². The zero-order valence-electron chi connectivity index (χ0n) is 13.4. The van der Waals surface area contributed by atoms with Crippen molar-refractivity contribution in [2.24, 2.45) is 5.92 Å². The van der Waals surface area contributed by atoms with E-state index in [2.05, 4.69) is 19.2 Å². The first-order valence-electron chi connectivity index (χ1n) is 7.93. The summed E-state index contributed by atoms with van der Waals surface area (Å²) in [5.74, 6) is 0.361. The van der Waals surface area contributed by atoms with Crippen LogP contribution in [0.15, 0.2) is 18.2 Å². The first-order valence-corrected chi connectivity index (χ1v) is 7.93. The van der Waals surface area contributed by atoms with E-state index in [9.17, 15) is 4.39 Å². The van der Waals surface area contributed by atoms with Crippen LogP contribution in [0.4, 0.5) is 10.1 Å². The Labute approximate surface area is 127 Å². The molecule has 4 heteroatoms. The standard InChI is InChI=1S/C17H27FN2O/c1-4-19-13(2)15-7-8-17(16(18)10-15)20(3)11-14-6-5-9-21-12-14/h7-8,10,13-14,19H,4-6,9,11-12H2,1-3H3. The highest BCUT2D eigenvalue weighted by molar-refractivity contribution is 5.49. The van der Waals surface area contributed by atoms with Crippen LogP contribution in [0, 0.1) is 11.7 Å². The van der Waals surface area contributed by atoms with Crippen molar-refractivity contribution in [3.8, 4) is 0 Å². The summed E-state index contributed by atoms with van der Waals surface area (Å²) in [6, 6.07) is 5.73. The summed E-state index contributed by atoms with van der Waals surface area (Å²) in [4.78, 5) is 2.01. The lowest BCUT2D eigenvalue weighted by atomic mass is 10.0. The fourth-order valence-corrected chi connectivity index (χ4v) is 2.96. The highest BCUT2D eigenvalue weighted by atomic mass is 19.1. The molecular formula is C17H27FN2O. The Morgan fingerprint density at radius 2 is 2.29 bits per heavy atom. The molecule has 1 heterocycles. The minimum Gasteiger partial charge on any atom is -0.381 e. The van der Waals surface area contributed by atoms with E-state index in [1.807, 2.05) is 24.1 Å². The SMILES string of the molecule is CCNC(C)c1ccc(N(C)CC2CCCOC2)c(F)c1. The molecule has 1 saturated heterocycles. The van der Waals surface area contributed by atoms with Crippen LogP contribution in [-0.2, 0) is 4.74 Å². The summed E-state index contributed by atoms with van der Waals surface area (Å²) in [5.41, 5.74) is 1.67. The van der Waals surface area contributed by atoms with Crippen LogP contribution in [-0.4, -0.2) is 33.4 Å². The van der Waals surface area contributed by atoms with E-state index < -0.39 is 0 Å². The van der Waals surface area contributed by atoms with Crippen molar-refractivity contribution in [1.29, 1.82) is 0 Å². The van der Waals surface area contributed by atoms with Crippen molar-refractivity contribution >= 4 is 5.69 Å². The van der Waals surface area contributed by atoms with E-state index in [1.54, 1.807) is 6.07 Å². The maximum Gasteiger partial charge on any atom is 0.146 e. The van der Waals surface area contributed by atoms with Crippen molar-refractivity contribution in [2.45, 2.75) is 32.7 Å². The van der Waals surface area contributed by atoms with Gasteiger partial charge in [-0.1, -0.05) is 13.0 Å². The van der Waals surface area contributed by atoms with Gasteiger partial charge in [0.1, 0.15) is 5.82 Å². The Morgan fingerprint density at radius 1 is 1.48 bits per heavy atom. The fraction of sp³-hybridized carbons (Fsp3) is 0.647. The van der Waals surface area contributed by atoms with Crippen molar-refractivity contribution in [3.63, 3.8) is 0 Å². The van der Waals surface area contributed by atoms with Gasteiger partial charge >= 0.3 is 0 Å². The van der Waals surface area contributed by atoms with Crippen LogP contribution in [0.1, 0.15) is 38.3 Å². The van der Waals surface area contributed by atoms with E-state index in [4.69, 9.17) is 4.74 Å². The molecule has 3 nitrogen and oxygen atoms in total. The van der Waals surface area contributed by atoms with Crippen LogP contribution in [0.3, 0.4) is 0 Å². The smallest absolute Gasteiger partial charge is 0.146 e. The van der Waals surface area contributed by atoms with E-state index in [0.717, 1.165) is 38.3 Å². The van der Waals surface area contributed by atoms with Gasteiger partial charge in [-0.2, -0.15) is 0 Å². The lowest BCUT2D eigenvalue weighted by molar-refractivity contribution is 0.0576. The fourth-order valence-electron chi connectivity index (χ4n) is 2.96. The van der Waals surface area contributed by atoms with Crippen LogP contribution in [0.5, 0.6) is 0 Å². The molecule has 0 saturated carbocycles. The highest BCUT2D eigenvalue weighted by Crippen LogP contribution is 2.24. The van der Waals surface area contributed by atoms with Crippen LogP contribution in [0.25, 0.3) is 0 Å². The number of ether oxygens (including phenoxy) is 1. The number of nitrogens with zero attached hydrogens (tertiary/aromatic N) is 1. The number of hydrogen-bond donors (Lipinski definition) is 1. The van der Waals surface area contributed by atoms with E-state index in [1.165, 1.54) is 6.42 Å². The number of benzene rings is 1. The largest absolute Gasteiger partial charge is 0.381 e. The van der Waals surface area contributed by atoms with Gasteiger partial charge in [-0.15, -0.1) is 0 Å². The normalized spacial score (nSPS) is 20.3. The van der Waals surface area contributed by atoms with Gasteiger partial charge in [0.15, 0.2) is 0 Å². The average Bonchev–Trinajstić information content (AvgIpc) is 2.48. The maximum atomic E-state index is 14.4. The molecule has 1 N–H and O–H groups in total. The van der Waals surface area contributed by atoms with E-state index >= 15 is 0 Å². The number of hydrogen-bond acceptors (Lipinski definition) is 3. The van der Waals surface area contributed by atoms with Gasteiger partial charge in [0.25, 0.3) is 0 Å². The van der Waals surface area contributed by atoms with Crippen LogP contribution in [0.2, 0.25) is 0 Å². The second kappa shape index (κ2) is 7.76. The number of nitrogens with one attached hydrogen (secondary N) is 1. The minimum absolute atomic E-state index is 0.142. The highest BCUT2D eigenvalue weighted by Gasteiger charge is 2.18. The summed E-state index contributed by atoms with van der Waals surface area (Å²) in [6.45, 7) is 7.50. The van der Waals surface area contributed by atoms with Gasteiger partial charge in [0, 0.05) is 26.2 Å². The van der Waals surface area contributed by atoms with Gasteiger partial charge in [-0.05, 0) is 49.9 Å². The summed E-state index contributed by atoms with van der Waals surface area (Å²) in [7, 11) is 1.96. The molecule has 1 fully saturated rings. The van der Waals surface area contributed by atoms with Crippen molar-refractivity contribution < 1.29 is 9.13 Å². The molecule has 21 heavy (non-hydrogen) atoms. The third-order valence-electron chi connectivity index (χ3n) is 4.18. The third-order valence-corrected chi connectivity index (χ3v) is 4.18. The molecule has 1 aromatic rings. The van der Waals surface area contributed by atoms with Gasteiger partial charge in [0.05, 0.1) is 12.3 Å². The molecular weight excluding hydrogens is 267 g/mol. The Hall–Kier alpha value is -1.13. The maximum absolute atomic E-state index is 14.4. The lowest BCUT2D eigenvalue weighted by Gasteiger charge is -2.29. The molecule has 2 rings (SSSR count). The number of rotatable bonds is 6. The first kappa shape index (κ1) is 16.2. The summed E-state index contributed by atoms with van der Waals surface area (Å²) in [6.07, 6.45) is 2.28. The molecule has 0 spiro atoms. The molecule has 0 aromatic heterocycles. The Kier molecular flexibility index (Phi) is 6.00. The number of anilines is 1. The molecule has 0 aliphatic carbocycles. The van der Waals surface area contributed by atoms with Crippen molar-refractivity contribution in [2.75, 3.05) is 38.3 Å². The predicted molar refractivity (Wildman–Crippen MR) is 85.3 cm³/mol. The predicted octanol–water partition coefficient (Wildman–Crippen LogP) is 3.36. The van der Waals surface area contributed by atoms with E-state index in [0.29, 0.717) is 11.6 Å². The monoisotopic (exact) mass is 294 g/mol. The van der Waals surface area contributed by atoms with Gasteiger partial charge < -0.3 is 15.0 Å². The molecule has 1 aliphatic heterocycles. The second-order valence-corrected chi connectivity index (χ2v) is 5.95. The molecule has 1 aromatic carbocycles. The lowest BCUT2D eigenvalue weighted by Crippen LogP contribution is -2.31. The van der Waals surface area contributed by atoms with Crippen molar-refractivity contribution in [3.05, 3.63) is 29.6 Å². The van der Waals surface area contributed by atoms with Crippen LogP contribution >= 0.6 is 0 Å². The average molecular weight is 294 g/mol. The third kappa shape index (κ3) is 4.42. The Bertz CT molecular complexity index is 446. The molecule has 0 bridgehead atoms. The summed E-state index contributed by atoms with van der Waals surface area (Å²) < 4.78 is 19.9. The first-order chi connectivity index (χ1) is 10.1. The van der Waals surface area contributed by atoms with Gasteiger partial charge in [-0.25, -0.2) is 4.39 Å². The Balaban J connectivity index is 2.01. The van der Waals surface area contributed by atoms with Gasteiger partial charge in [-0.3, -0.25) is 0 Å². The summed E-state index contributed by atoms with van der Waals surface area (Å²) >= 11 is 0. The minimum atomic E-state index is -0.142. The number of halogens is 1.